The smallest absolute Gasteiger partial charge is 0.129 e. The monoisotopic (exact) mass is 182 g/mol. The van der Waals surface area contributed by atoms with Gasteiger partial charge in [0, 0.05) is 18.4 Å². The van der Waals surface area contributed by atoms with E-state index in [0.717, 1.165) is 6.42 Å². The van der Waals surface area contributed by atoms with Crippen LogP contribution < -0.4 is 0 Å². The predicted molar refractivity (Wildman–Crippen MR) is 54.5 cm³/mol. The van der Waals surface area contributed by atoms with Crippen molar-refractivity contribution in [2.24, 2.45) is 5.41 Å². The molecule has 2 heteroatoms. The molecule has 0 aliphatic heterocycles. The average Bonchev–Trinajstić information content (AvgIpc) is 2.67. The van der Waals surface area contributed by atoms with Gasteiger partial charge in [0.05, 0.1) is 0 Å². The molecule has 0 saturated heterocycles. The van der Waals surface area contributed by atoms with E-state index in [2.05, 4.69) is 31.1 Å². The third-order valence-corrected chi connectivity index (χ3v) is 3.15. The first-order valence-electron chi connectivity index (χ1n) is 4.58. The maximum Gasteiger partial charge on any atom is 0.129 e. The van der Waals surface area contributed by atoms with Crippen LogP contribution in [0.4, 0.5) is 0 Å². The number of hydrogen-bond donors (Lipinski definition) is 1. The predicted octanol–water partition coefficient (Wildman–Crippen LogP) is 2.03. The van der Waals surface area contributed by atoms with Crippen LogP contribution in [-0.4, -0.2) is 19.8 Å². The van der Waals surface area contributed by atoms with Crippen molar-refractivity contribution in [3.8, 4) is 11.5 Å². The van der Waals surface area contributed by atoms with Crippen molar-refractivity contribution in [2.75, 3.05) is 6.61 Å². The van der Waals surface area contributed by atoms with E-state index >= 15 is 0 Å². The first-order chi connectivity index (χ1) is 5.47. The average molecular weight is 182 g/mol. The number of hydrogen-bond acceptors (Lipinski definition) is 1. The molecule has 0 aromatic carbocycles. The SMILES string of the molecule is C[Si](C)(C)C#CCC1(CO)CC1. The molecule has 0 bridgehead atoms. The zero-order valence-electron chi connectivity index (χ0n) is 8.28. The summed E-state index contributed by atoms with van der Waals surface area (Å²) < 4.78 is 0. The van der Waals surface area contributed by atoms with Crippen molar-refractivity contribution >= 4 is 8.07 Å². The van der Waals surface area contributed by atoms with Crippen LogP contribution in [0.15, 0.2) is 0 Å². The molecule has 1 aliphatic carbocycles. The van der Waals surface area contributed by atoms with Crippen molar-refractivity contribution in [3.05, 3.63) is 0 Å². The molecule has 1 aliphatic rings. The molecule has 0 amide bonds. The Labute approximate surface area is 76.2 Å². The standard InChI is InChI=1S/C10H18OSi/c1-12(2,3)8-4-5-10(9-11)6-7-10/h11H,5-7,9H2,1-3H3. The molecule has 1 nitrogen and oxygen atoms in total. The highest BCUT2D eigenvalue weighted by molar-refractivity contribution is 6.83. The summed E-state index contributed by atoms with van der Waals surface area (Å²) in [5.74, 6) is 3.23. The lowest BCUT2D eigenvalue weighted by Gasteiger charge is -2.07. The van der Waals surface area contributed by atoms with E-state index in [1.54, 1.807) is 0 Å². The highest BCUT2D eigenvalue weighted by Gasteiger charge is 2.40. The van der Waals surface area contributed by atoms with Gasteiger partial charge in [0.15, 0.2) is 0 Å². The van der Waals surface area contributed by atoms with Gasteiger partial charge in [-0.25, -0.2) is 0 Å². The van der Waals surface area contributed by atoms with E-state index in [-0.39, 0.29) is 5.41 Å². The summed E-state index contributed by atoms with van der Waals surface area (Å²) in [5, 5.41) is 9.03. The number of aliphatic hydroxyl groups excluding tert-OH is 1. The normalized spacial score (nSPS) is 19.7. The lowest BCUT2D eigenvalue weighted by molar-refractivity contribution is 0.215. The third kappa shape index (κ3) is 3.00. The highest BCUT2D eigenvalue weighted by atomic mass is 28.3. The summed E-state index contributed by atoms with van der Waals surface area (Å²) in [5.41, 5.74) is 3.55. The van der Waals surface area contributed by atoms with Crippen molar-refractivity contribution in [1.82, 2.24) is 0 Å². The molecule has 1 rings (SSSR count). The molecular formula is C10H18OSi. The minimum Gasteiger partial charge on any atom is -0.396 e. The maximum absolute atomic E-state index is 9.03. The van der Waals surface area contributed by atoms with Crippen LogP contribution in [0, 0.1) is 16.9 Å². The minimum atomic E-state index is -1.18. The van der Waals surface area contributed by atoms with Gasteiger partial charge in [0.1, 0.15) is 8.07 Å². The summed E-state index contributed by atoms with van der Waals surface area (Å²) in [7, 11) is -1.18. The number of rotatable bonds is 2. The van der Waals surface area contributed by atoms with E-state index in [4.69, 9.17) is 5.11 Å². The van der Waals surface area contributed by atoms with Crippen LogP contribution in [0.5, 0.6) is 0 Å². The summed E-state index contributed by atoms with van der Waals surface area (Å²) in [6, 6.07) is 0. The van der Waals surface area contributed by atoms with Crippen LogP contribution in [0.25, 0.3) is 0 Å². The Morgan fingerprint density at radius 2 is 1.92 bits per heavy atom. The van der Waals surface area contributed by atoms with Crippen molar-refractivity contribution < 1.29 is 5.11 Å². The molecule has 0 atom stereocenters. The third-order valence-electron chi connectivity index (χ3n) is 2.22. The topological polar surface area (TPSA) is 20.2 Å². The summed E-state index contributed by atoms with van der Waals surface area (Å²) in [6.45, 7) is 7.07. The molecular weight excluding hydrogens is 164 g/mol. The molecule has 0 aromatic heterocycles. The molecule has 1 fully saturated rings. The second kappa shape index (κ2) is 3.24. The second-order valence-corrected chi connectivity index (χ2v) is 9.64. The minimum absolute atomic E-state index is 0.215. The molecule has 68 valence electrons. The first-order valence-corrected chi connectivity index (χ1v) is 8.08. The van der Waals surface area contributed by atoms with E-state index in [1.807, 2.05) is 0 Å². The van der Waals surface area contributed by atoms with Crippen LogP contribution in [0.2, 0.25) is 19.6 Å². The summed E-state index contributed by atoms with van der Waals surface area (Å²) in [6.07, 6.45) is 3.25. The van der Waals surface area contributed by atoms with Gasteiger partial charge in [-0.15, -0.1) is 11.5 Å². The molecule has 1 N–H and O–H groups in total. The van der Waals surface area contributed by atoms with Gasteiger partial charge in [-0.2, -0.15) is 0 Å². The Balaban J connectivity index is 2.37. The fourth-order valence-corrected chi connectivity index (χ4v) is 1.68. The zero-order chi connectivity index (χ0) is 9.24. The molecule has 0 spiro atoms. The molecule has 1 saturated carbocycles. The van der Waals surface area contributed by atoms with Gasteiger partial charge < -0.3 is 5.11 Å². The first kappa shape index (κ1) is 9.82. The van der Waals surface area contributed by atoms with Crippen LogP contribution in [0.3, 0.4) is 0 Å². The Bertz CT molecular complexity index is 212. The van der Waals surface area contributed by atoms with E-state index in [1.165, 1.54) is 12.8 Å². The quantitative estimate of drug-likeness (QED) is 0.512. The van der Waals surface area contributed by atoms with Gasteiger partial charge in [0.25, 0.3) is 0 Å². The van der Waals surface area contributed by atoms with Gasteiger partial charge in [-0.3, -0.25) is 0 Å². The van der Waals surface area contributed by atoms with Gasteiger partial charge >= 0.3 is 0 Å². The lowest BCUT2D eigenvalue weighted by Crippen LogP contribution is -2.16. The van der Waals surface area contributed by atoms with Crippen molar-refractivity contribution in [2.45, 2.75) is 38.9 Å². The van der Waals surface area contributed by atoms with Crippen LogP contribution >= 0.6 is 0 Å². The van der Waals surface area contributed by atoms with Crippen molar-refractivity contribution in [3.63, 3.8) is 0 Å². The van der Waals surface area contributed by atoms with E-state index in [9.17, 15) is 0 Å². The molecule has 0 unspecified atom stereocenters. The Kier molecular flexibility index (Phi) is 2.65. The Morgan fingerprint density at radius 1 is 1.33 bits per heavy atom. The van der Waals surface area contributed by atoms with Gasteiger partial charge in [-0.05, 0) is 12.8 Å². The Morgan fingerprint density at radius 3 is 2.25 bits per heavy atom. The highest BCUT2D eigenvalue weighted by Crippen LogP contribution is 2.47. The molecule has 12 heavy (non-hydrogen) atoms. The largest absolute Gasteiger partial charge is 0.396 e. The van der Waals surface area contributed by atoms with Gasteiger partial charge in [0.2, 0.25) is 0 Å². The van der Waals surface area contributed by atoms with Crippen molar-refractivity contribution in [1.29, 1.82) is 0 Å². The summed E-state index contributed by atoms with van der Waals surface area (Å²) in [4.78, 5) is 0. The van der Waals surface area contributed by atoms with E-state index < -0.39 is 8.07 Å². The lowest BCUT2D eigenvalue weighted by atomic mass is 10.1. The van der Waals surface area contributed by atoms with Crippen LogP contribution in [0.1, 0.15) is 19.3 Å². The molecule has 0 heterocycles. The van der Waals surface area contributed by atoms with E-state index in [0.29, 0.717) is 6.61 Å². The van der Waals surface area contributed by atoms with Gasteiger partial charge in [-0.1, -0.05) is 19.6 Å². The fraction of sp³-hybridized carbons (Fsp3) is 0.800. The Hall–Kier alpha value is -0.263. The second-order valence-electron chi connectivity index (χ2n) is 4.89. The maximum atomic E-state index is 9.03. The number of aliphatic hydroxyl groups is 1. The molecule has 0 radical (unpaired) electrons. The fourth-order valence-electron chi connectivity index (χ4n) is 1.06. The summed E-state index contributed by atoms with van der Waals surface area (Å²) >= 11 is 0. The van der Waals surface area contributed by atoms with Crippen LogP contribution in [-0.2, 0) is 0 Å². The zero-order valence-corrected chi connectivity index (χ0v) is 9.28. The molecule has 0 aromatic rings.